The number of aromatic nitrogens is 1. The van der Waals surface area contributed by atoms with Crippen molar-refractivity contribution >= 4 is 50.5 Å². The molecule has 3 N–H and O–H groups in total. The fourth-order valence-electron chi connectivity index (χ4n) is 3.47. The van der Waals surface area contributed by atoms with Gasteiger partial charge in [0.05, 0.1) is 29.4 Å². The Kier molecular flexibility index (Phi) is 9.00. The average molecular weight is 538 g/mol. The molecule has 0 bridgehead atoms. The lowest BCUT2D eigenvalue weighted by Crippen LogP contribution is -2.39. The number of hydrogen-bond acceptors (Lipinski definition) is 8. The lowest BCUT2D eigenvalue weighted by molar-refractivity contribution is -0.151. The van der Waals surface area contributed by atoms with E-state index in [2.05, 4.69) is 5.32 Å². The monoisotopic (exact) mass is 537 g/mol. The van der Waals surface area contributed by atoms with Gasteiger partial charge in [0.1, 0.15) is 10.9 Å². The molecule has 0 unspecified atom stereocenters. The van der Waals surface area contributed by atoms with Gasteiger partial charge in [0.2, 0.25) is 5.91 Å². The van der Waals surface area contributed by atoms with Crippen LogP contribution >= 0.6 is 22.7 Å². The zero-order valence-electron chi connectivity index (χ0n) is 19.4. The van der Waals surface area contributed by atoms with Gasteiger partial charge in [-0.05, 0) is 47.9 Å². The van der Waals surface area contributed by atoms with Gasteiger partial charge in [-0.25, -0.2) is 4.98 Å². The Morgan fingerprint density at radius 1 is 1.14 bits per heavy atom. The van der Waals surface area contributed by atoms with Crippen LogP contribution in [0.25, 0.3) is 10.6 Å². The highest BCUT2D eigenvalue weighted by Crippen LogP contribution is 2.30. The second kappa shape index (κ2) is 11.8. The number of hydrogen-bond donors (Lipinski definition) is 3. The van der Waals surface area contributed by atoms with Crippen molar-refractivity contribution in [3.8, 4) is 10.6 Å². The number of thiophene rings is 1. The Bertz CT molecular complexity index is 1240. The van der Waals surface area contributed by atoms with Gasteiger partial charge >= 0.3 is 16.3 Å². The van der Waals surface area contributed by atoms with Crippen molar-refractivity contribution in [1.82, 2.24) is 10.3 Å². The number of nitrogens with zero attached hydrogens (tertiary/aromatic N) is 1. The summed E-state index contributed by atoms with van der Waals surface area (Å²) in [5.74, 6) is -1.86. The standard InChI is InChI=1S/C23H27N3O6S3/c1-14(2)11-17(23(28)32-3)21(27)24-18(22-25-19(13-34-22)20-5-4-10-33-20)12-15-6-8-16(9-7-15)26-35(29,30)31/h4-10,13-14,17-18,26H,11-12H2,1-3H3,(H,24,27)(H,29,30,31)/t17-,18-/m0/s1. The summed E-state index contributed by atoms with van der Waals surface area (Å²) in [4.78, 5) is 31.2. The third kappa shape index (κ3) is 7.85. The van der Waals surface area contributed by atoms with Crippen LogP contribution in [0.1, 0.15) is 36.9 Å². The number of nitrogens with one attached hydrogen (secondary N) is 2. The molecule has 2 heterocycles. The predicted molar refractivity (Wildman–Crippen MR) is 137 cm³/mol. The van der Waals surface area contributed by atoms with Crippen molar-refractivity contribution in [2.75, 3.05) is 11.8 Å². The van der Waals surface area contributed by atoms with Crippen LogP contribution in [0.2, 0.25) is 0 Å². The molecule has 188 valence electrons. The van der Waals surface area contributed by atoms with Gasteiger partial charge in [0.25, 0.3) is 0 Å². The Hall–Kier alpha value is -2.80. The third-order valence-corrected chi connectivity index (χ3v) is 7.40. The van der Waals surface area contributed by atoms with Crippen LogP contribution in [0, 0.1) is 11.8 Å². The Morgan fingerprint density at radius 2 is 1.86 bits per heavy atom. The third-order valence-electron chi connectivity index (χ3n) is 5.06. The van der Waals surface area contributed by atoms with E-state index >= 15 is 0 Å². The summed E-state index contributed by atoms with van der Waals surface area (Å²) in [6.07, 6.45) is 0.699. The summed E-state index contributed by atoms with van der Waals surface area (Å²) in [5.41, 5.74) is 1.80. The van der Waals surface area contributed by atoms with Crippen LogP contribution in [0.5, 0.6) is 0 Å². The van der Waals surface area contributed by atoms with E-state index in [1.807, 2.05) is 41.5 Å². The largest absolute Gasteiger partial charge is 0.468 e. The zero-order chi connectivity index (χ0) is 25.6. The van der Waals surface area contributed by atoms with Gasteiger partial charge in [0, 0.05) is 5.38 Å². The van der Waals surface area contributed by atoms with Gasteiger partial charge in [-0.1, -0.05) is 32.0 Å². The summed E-state index contributed by atoms with van der Waals surface area (Å²) in [5, 5.41) is 7.53. The van der Waals surface area contributed by atoms with Crippen LogP contribution in [0.3, 0.4) is 0 Å². The van der Waals surface area contributed by atoms with E-state index in [0.717, 1.165) is 16.1 Å². The summed E-state index contributed by atoms with van der Waals surface area (Å²) in [6, 6.07) is 9.77. The van der Waals surface area contributed by atoms with E-state index in [-0.39, 0.29) is 11.6 Å². The average Bonchev–Trinajstić information content (AvgIpc) is 3.48. The molecule has 0 aliphatic rings. The molecule has 9 nitrogen and oxygen atoms in total. The SMILES string of the molecule is COC(=O)[C@@H](CC(C)C)C(=O)N[C@@H](Cc1ccc(NS(=O)(=O)O)cc1)c1nc(-c2cccs2)cs1. The van der Waals surface area contributed by atoms with Crippen LogP contribution < -0.4 is 10.0 Å². The minimum atomic E-state index is -4.38. The molecule has 0 spiro atoms. The van der Waals surface area contributed by atoms with Gasteiger partial charge in [-0.3, -0.25) is 18.9 Å². The normalized spacial score (nSPS) is 13.3. The maximum Gasteiger partial charge on any atom is 0.357 e. The van der Waals surface area contributed by atoms with Crippen molar-refractivity contribution in [2.24, 2.45) is 11.8 Å². The Balaban J connectivity index is 1.87. The van der Waals surface area contributed by atoms with E-state index in [0.29, 0.717) is 17.8 Å². The molecular weight excluding hydrogens is 510 g/mol. The van der Waals surface area contributed by atoms with Gasteiger partial charge < -0.3 is 10.1 Å². The van der Waals surface area contributed by atoms with Crippen LogP contribution in [-0.4, -0.2) is 36.9 Å². The van der Waals surface area contributed by atoms with Crippen molar-refractivity contribution in [3.05, 3.63) is 57.7 Å². The molecule has 0 aliphatic heterocycles. The lowest BCUT2D eigenvalue weighted by atomic mass is 9.95. The van der Waals surface area contributed by atoms with Crippen molar-refractivity contribution < 1.29 is 27.3 Å². The number of thiazole rings is 1. The van der Waals surface area contributed by atoms with Gasteiger partial charge in [-0.15, -0.1) is 22.7 Å². The molecule has 3 aromatic rings. The number of amides is 1. The first-order valence-electron chi connectivity index (χ1n) is 10.8. The predicted octanol–water partition coefficient (Wildman–Crippen LogP) is 4.32. The highest BCUT2D eigenvalue weighted by Gasteiger charge is 2.31. The molecule has 35 heavy (non-hydrogen) atoms. The maximum atomic E-state index is 13.2. The second-order valence-corrected chi connectivity index (χ2v) is 11.3. The fourth-order valence-corrected chi connectivity index (χ4v) is 5.54. The number of anilines is 1. The molecule has 3 rings (SSSR count). The first-order valence-corrected chi connectivity index (χ1v) is 14.0. The van der Waals surface area contributed by atoms with E-state index in [1.165, 1.54) is 30.6 Å². The van der Waals surface area contributed by atoms with Crippen LogP contribution in [0.4, 0.5) is 5.69 Å². The maximum absolute atomic E-state index is 13.2. The minimum absolute atomic E-state index is 0.108. The molecule has 1 aromatic carbocycles. The van der Waals surface area contributed by atoms with Crippen molar-refractivity contribution in [3.63, 3.8) is 0 Å². The summed E-state index contributed by atoms with van der Waals surface area (Å²) >= 11 is 2.97. The first-order chi connectivity index (χ1) is 16.6. The molecular formula is C23H27N3O6S3. The summed E-state index contributed by atoms with van der Waals surface area (Å²) in [7, 11) is -3.12. The van der Waals surface area contributed by atoms with Crippen LogP contribution in [0.15, 0.2) is 47.2 Å². The lowest BCUT2D eigenvalue weighted by Gasteiger charge is -2.21. The molecule has 1 amide bonds. The number of methoxy groups -OCH3 is 1. The number of benzene rings is 1. The van der Waals surface area contributed by atoms with Gasteiger partial charge in [0.15, 0.2) is 0 Å². The molecule has 0 fully saturated rings. The van der Waals surface area contributed by atoms with Crippen molar-refractivity contribution in [2.45, 2.75) is 32.7 Å². The highest BCUT2D eigenvalue weighted by molar-refractivity contribution is 7.87. The Morgan fingerprint density at radius 3 is 2.43 bits per heavy atom. The first kappa shape index (κ1) is 26.8. The zero-order valence-corrected chi connectivity index (χ0v) is 21.9. The van der Waals surface area contributed by atoms with Gasteiger partial charge in [-0.2, -0.15) is 8.42 Å². The Labute approximate surface area is 212 Å². The van der Waals surface area contributed by atoms with E-state index in [4.69, 9.17) is 14.3 Å². The van der Waals surface area contributed by atoms with Crippen molar-refractivity contribution in [1.29, 1.82) is 0 Å². The number of esters is 1. The minimum Gasteiger partial charge on any atom is -0.468 e. The fraction of sp³-hybridized carbons (Fsp3) is 0.348. The summed E-state index contributed by atoms with van der Waals surface area (Å²) < 4.78 is 37.9. The number of ether oxygens (including phenoxy) is 1. The molecule has 0 aliphatic carbocycles. The number of rotatable bonds is 11. The number of carbonyl (C=O) groups excluding carboxylic acids is 2. The molecule has 0 saturated heterocycles. The summed E-state index contributed by atoms with van der Waals surface area (Å²) in [6.45, 7) is 3.86. The topological polar surface area (TPSA) is 135 Å². The van der Waals surface area contributed by atoms with E-state index in [9.17, 15) is 18.0 Å². The van der Waals surface area contributed by atoms with E-state index in [1.54, 1.807) is 23.5 Å². The van der Waals surface area contributed by atoms with Crippen LogP contribution in [-0.2, 0) is 31.1 Å². The smallest absolute Gasteiger partial charge is 0.357 e. The second-order valence-electron chi connectivity index (χ2n) is 8.29. The quantitative estimate of drug-likeness (QED) is 0.188. The highest BCUT2D eigenvalue weighted by atomic mass is 32.2. The molecule has 0 radical (unpaired) electrons. The van der Waals surface area contributed by atoms with E-state index < -0.39 is 34.1 Å². The molecule has 0 saturated carbocycles. The molecule has 12 heteroatoms. The molecule has 2 atom stereocenters. The number of carbonyl (C=O) groups is 2. The molecule has 2 aromatic heterocycles.